The van der Waals surface area contributed by atoms with E-state index in [1.54, 1.807) is 25.4 Å². The maximum absolute atomic E-state index is 11.7. The number of methoxy groups -OCH3 is 1. The number of nitrogens with one attached hydrogen (secondary N) is 1. The summed E-state index contributed by atoms with van der Waals surface area (Å²) in [5.74, 6) is 1.49. The average Bonchev–Trinajstić information content (AvgIpc) is 2.59. The van der Waals surface area contributed by atoms with Crippen LogP contribution in [0.4, 0.5) is 0 Å². The van der Waals surface area contributed by atoms with Gasteiger partial charge in [-0.05, 0) is 35.9 Å². The Morgan fingerprint density at radius 1 is 1.12 bits per heavy atom. The second-order valence-corrected chi connectivity index (χ2v) is 7.63. The van der Waals surface area contributed by atoms with Crippen LogP contribution in [0.15, 0.2) is 59.6 Å². The highest BCUT2D eigenvalue weighted by Gasteiger charge is 2.06. The molecule has 6 heteroatoms. The number of nitrogens with zero attached hydrogens (tertiary/aromatic N) is 1. The summed E-state index contributed by atoms with van der Waals surface area (Å²) in [4.78, 5) is 4.85. The second kappa shape index (κ2) is 6.49. The van der Waals surface area contributed by atoms with Crippen LogP contribution in [0.2, 0.25) is 0 Å². The molecule has 0 bridgehead atoms. The van der Waals surface area contributed by atoms with Crippen molar-refractivity contribution in [3.8, 4) is 11.5 Å². The van der Waals surface area contributed by atoms with Crippen LogP contribution in [-0.2, 0) is 16.3 Å². The van der Waals surface area contributed by atoms with E-state index >= 15 is 0 Å². The Morgan fingerprint density at radius 2 is 1.88 bits per heavy atom. The molecule has 2 aromatic carbocycles. The van der Waals surface area contributed by atoms with Crippen LogP contribution >= 0.6 is 0 Å². The number of hydrogen-bond donors (Lipinski definition) is 1. The lowest BCUT2D eigenvalue weighted by Crippen LogP contribution is -1.99. The zero-order valence-electron chi connectivity index (χ0n) is 13.5. The molecule has 3 aromatic rings. The van der Waals surface area contributed by atoms with Crippen molar-refractivity contribution >= 4 is 20.6 Å². The van der Waals surface area contributed by atoms with E-state index in [0.717, 1.165) is 28.0 Å². The fourth-order valence-corrected chi connectivity index (χ4v) is 3.02. The molecule has 1 unspecified atom stereocenters. The summed E-state index contributed by atoms with van der Waals surface area (Å²) in [6.07, 6.45) is 3.11. The largest absolute Gasteiger partial charge is 0.497 e. The zero-order valence-corrected chi connectivity index (χ0v) is 14.3. The van der Waals surface area contributed by atoms with Gasteiger partial charge < -0.3 is 9.47 Å². The summed E-state index contributed by atoms with van der Waals surface area (Å²) in [7, 11) is -1.06. The van der Waals surface area contributed by atoms with Crippen LogP contribution in [0.25, 0.3) is 10.9 Å². The number of ether oxygens (including phenoxy) is 2. The number of pyridine rings is 1. The Morgan fingerprint density at radius 3 is 2.54 bits per heavy atom. The lowest BCUT2D eigenvalue weighted by Gasteiger charge is -2.10. The molecular weight excluding hydrogens is 324 g/mol. The lowest BCUT2D eigenvalue weighted by atomic mass is 10.2. The van der Waals surface area contributed by atoms with E-state index in [4.69, 9.17) is 14.3 Å². The fraction of sp³-hybridized carbons (Fsp3) is 0.167. The van der Waals surface area contributed by atoms with Crippen molar-refractivity contribution < 1.29 is 13.7 Å². The highest BCUT2D eigenvalue weighted by molar-refractivity contribution is 7.91. The fourth-order valence-electron chi connectivity index (χ4n) is 2.36. The van der Waals surface area contributed by atoms with Gasteiger partial charge in [0.25, 0.3) is 0 Å². The molecule has 3 rings (SSSR count). The van der Waals surface area contributed by atoms with Crippen molar-refractivity contribution in [2.75, 3.05) is 13.4 Å². The molecule has 0 saturated carbocycles. The summed E-state index contributed by atoms with van der Waals surface area (Å²) in [6, 6.07) is 14.6. The molecule has 0 saturated heterocycles. The second-order valence-electron chi connectivity index (χ2n) is 5.47. The van der Waals surface area contributed by atoms with Crippen molar-refractivity contribution in [3.63, 3.8) is 0 Å². The molecule has 1 heterocycles. The van der Waals surface area contributed by atoms with Gasteiger partial charge in [0.1, 0.15) is 18.1 Å². The van der Waals surface area contributed by atoms with Crippen molar-refractivity contribution in [1.29, 1.82) is 4.78 Å². The first-order chi connectivity index (χ1) is 11.5. The molecule has 124 valence electrons. The van der Waals surface area contributed by atoms with Gasteiger partial charge in [0.2, 0.25) is 0 Å². The van der Waals surface area contributed by atoms with E-state index in [-0.39, 0.29) is 0 Å². The van der Waals surface area contributed by atoms with Crippen LogP contribution in [0.5, 0.6) is 11.5 Å². The molecule has 1 aromatic heterocycles. The molecule has 1 atom stereocenters. The van der Waals surface area contributed by atoms with E-state index in [2.05, 4.69) is 4.98 Å². The first-order valence-corrected chi connectivity index (χ1v) is 9.32. The molecule has 0 radical (unpaired) electrons. The van der Waals surface area contributed by atoms with Crippen molar-refractivity contribution in [2.24, 2.45) is 0 Å². The van der Waals surface area contributed by atoms with Gasteiger partial charge in [0.05, 0.1) is 22.4 Å². The van der Waals surface area contributed by atoms with Gasteiger partial charge in [-0.2, -0.15) is 0 Å². The predicted octanol–water partition coefficient (Wildman–Crippen LogP) is 3.86. The minimum Gasteiger partial charge on any atom is -0.497 e. The Hall–Kier alpha value is -2.60. The van der Waals surface area contributed by atoms with E-state index in [1.807, 2.05) is 36.4 Å². The Bertz CT molecular complexity index is 967. The molecular formula is C18H18N2O3S. The zero-order chi connectivity index (χ0) is 17.2. The van der Waals surface area contributed by atoms with Crippen LogP contribution in [0.3, 0.4) is 0 Å². The standard InChI is InChI=1S/C18H18N2O3S/c1-22-14-5-8-16-17(11-14)20-10-9-18(16)23-12-13-3-6-15(7-4-13)24(2,19)21/h3-11,19H,12H2,1-2H3. The quantitative estimate of drug-likeness (QED) is 0.764. The lowest BCUT2D eigenvalue weighted by molar-refractivity contribution is 0.309. The highest BCUT2D eigenvalue weighted by atomic mass is 32.2. The summed E-state index contributed by atoms with van der Waals surface area (Å²) >= 11 is 0. The molecule has 5 nitrogen and oxygen atoms in total. The molecule has 24 heavy (non-hydrogen) atoms. The van der Waals surface area contributed by atoms with E-state index in [1.165, 1.54) is 6.26 Å². The Labute approximate surface area is 141 Å². The topological polar surface area (TPSA) is 72.3 Å². The monoisotopic (exact) mass is 342 g/mol. The van der Waals surface area contributed by atoms with Crippen LogP contribution in [0, 0.1) is 4.78 Å². The Kier molecular flexibility index (Phi) is 4.40. The molecule has 0 fully saturated rings. The number of rotatable bonds is 5. The number of aromatic nitrogens is 1. The number of fused-ring (bicyclic) bond motifs is 1. The van der Waals surface area contributed by atoms with Crippen molar-refractivity contribution in [1.82, 2.24) is 4.98 Å². The first kappa shape index (κ1) is 16.3. The maximum Gasteiger partial charge on any atom is 0.130 e. The van der Waals surface area contributed by atoms with Gasteiger partial charge in [-0.1, -0.05) is 12.1 Å². The third-order valence-corrected chi connectivity index (χ3v) is 4.85. The molecule has 0 aliphatic heterocycles. The summed E-state index contributed by atoms with van der Waals surface area (Å²) < 4.78 is 30.4. The van der Waals surface area contributed by atoms with E-state index < -0.39 is 9.73 Å². The van der Waals surface area contributed by atoms with Crippen molar-refractivity contribution in [3.05, 3.63) is 60.3 Å². The van der Waals surface area contributed by atoms with Crippen LogP contribution in [0.1, 0.15) is 5.56 Å². The minimum atomic E-state index is -2.68. The molecule has 0 amide bonds. The van der Waals surface area contributed by atoms with Gasteiger partial charge in [-0.3, -0.25) is 4.98 Å². The summed E-state index contributed by atoms with van der Waals surface area (Å²) in [6.45, 7) is 0.383. The minimum absolute atomic E-state index is 0.383. The Balaban J connectivity index is 1.81. The third-order valence-electron chi connectivity index (χ3n) is 3.68. The molecule has 1 N–H and O–H groups in total. The van der Waals surface area contributed by atoms with E-state index in [0.29, 0.717) is 11.5 Å². The van der Waals surface area contributed by atoms with Gasteiger partial charge in [0, 0.05) is 28.8 Å². The maximum atomic E-state index is 11.7. The first-order valence-electron chi connectivity index (χ1n) is 7.36. The third kappa shape index (κ3) is 3.49. The van der Waals surface area contributed by atoms with Crippen molar-refractivity contribution in [2.45, 2.75) is 11.5 Å². The van der Waals surface area contributed by atoms with Gasteiger partial charge in [-0.25, -0.2) is 8.99 Å². The summed E-state index contributed by atoms with van der Waals surface area (Å²) in [5.41, 5.74) is 1.75. The molecule has 0 aliphatic carbocycles. The average molecular weight is 342 g/mol. The van der Waals surface area contributed by atoms with Gasteiger partial charge >= 0.3 is 0 Å². The smallest absolute Gasteiger partial charge is 0.130 e. The normalized spacial score (nSPS) is 13.4. The van der Waals surface area contributed by atoms with Crippen LogP contribution < -0.4 is 9.47 Å². The van der Waals surface area contributed by atoms with Crippen LogP contribution in [-0.4, -0.2) is 22.6 Å². The predicted molar refractivity (Wildman–Crippen MR) is 94.1 cm³/mol. The van der Waals surface area contributed by atoms with Gasteiger partial charge in [0.15, 0.2) is 0 Å². The van der Waals surface area contributed by atoms with E-state index in [9.17, 15) is 4.21 Å². The summed E-state index contributed by atoms with van der Waals surface area (Å²) in [5, 5.41) is 0.914. The highest BCUT2D eigenvalue weighted by Crippen LogP contribution is 2.27. The SMILES string of the molecule is COc1ccc2c(OCc3ccc(S(C)(=N)=O)cc3)ccnc2c1. The van der Waals surface area contributed by atoms with Gasteiger partial charge in [-0.15, -0.1) is 0 Å². The molecule has 0 spiro atoms. The molecule has 0 aliphatic rings. The number of hydrogen-bond acceptors (Lipinski definition) is 5. The number of benzene rings is 2.